The molecule has 1 saturated heterocycles. The van der Waals surface area contributed by atoms with E-state index >= 15 is 0 Å². The van der Waals surface area contributed by atoms with Gasteiger partial charge in [-0.3, -0.25) is 9.59 Å². The lowest BCUT2D eigenvalue weighted by molar-refractivity contribution is -0.130. The summed E-state index contributed by atoms with van der Waals surface area (Å²) in [5, 5.41) is 4.98. The van der Waals surface area contributed by atoms with Crippen molar-refractivity contribution in [1.82, 2.24) is 4.90 Å². The Balaban J connectivity index is 1.52. The average Bonchev–Trinajstić information content (AvgIpc) is 3.17. The zero-order chi connectivity index (χ0) is 18.5. The van der Waals surface area contributed by atoms with E-state index in [1.807, 2.05) is 34.5 Å². The van der Waals surface area contributed by atoms with E-state index in [0.29, 0.717) is 23.7 Å². The summed E-state index contributed by atoms with van der Waals surface area (Å²) in [6, 6.07) is 9.80. The molecule has 0 radical (unpaired) electrons. The molecule has 0 unspecified atom stereocenters. The lowest BCUT2D eigenvalue weighted by atomic mass is 9.92. The second-order valence-corrected chi connectivity index (χ2v) is 7.76. The Hall–Kier alpha value is -2.34. The van der Waals surface area contributed by atoms with E-state index in [1.54, 1.807) is 18.3 Å². The van der Waals surface area contributed by atoms with Crippen molar-refractivity contribution in [3.63, 3.8) is 0 Å². The molecule has 1 aromatic carbocycles. The Morgan fingerprint density at radius 3 is 2.69 bits per heavy atom. The molecular formula is C20H25N3O2S. The largest absolute Gasteiger partial charge is 0.397 e. The molecule has 1 aliphatic heterocycles. The number of anilines is 2. The monoisotopic (exact) mass is 371 g/mol. The smallest absolute Gasteiger partial charge is 0.224 e. The second kappa shape index (κ2) is 8.36. The molecule has 2 heterocycles. The van der Waals surface area contributed by atoms with Gasteiger partial charge in [-0.15, -0.1) is 11.3 Å². The Bertz CT molecular complexity index is 765. The summed E-state index contributed by atoms with van der Waals surface area (Å²) >= 11 is 1.66. The number of likely N-dealkylation sites (tertiary alicyclic amines) is 1. The van der Waals surface area contributed by atoms with Crippen LogP contribution in [0, 0.1) is 5.92 Å². The van der Waals surface area contributed by atoms with E-state index in [2.05, 4.69) is 11.4 Å². The van der Waals surface area contributed by atoms with Gasteiger partial charge in [-0.1, -0.05) is 12.1 Å². The Morgan fingerprint density at radius 2 is 2.04 bits per heavy atom. The van der Waals surface area contributed by atoms with Crippen LogP contribution < -0.4 is 11.1 Å². The molecule has 6 heteroatoms. The number of hydrogen-bond acceptors (Lipinski definition) is 4. The van der Waals surface area contributed by atoms with Crippen molar-refractivity contribution in [2.45, 2.75) is 32.6 Å². The number of carbonyl (C=O) groups excluding carboxylic acids is 2. The van der Waals surface area contributed by atoms with Gasteiger partial charge in [0.1, 0.15) is 0 Å². The highest BCUT2D eigenvalue weighted by atomic mass is 32.1. The number of carbonyl (C=O) groups is 2. The molecule has 2 aromatic rings. The van der Waals surface area contributed by atoms with Crippen LogP contribution in [-0.2, 0) is 9.59 Å². The summed E-state index contributed by atoms with van der Waals surface area (Å²) in [6.45, 7) is 3.22. The van der Waals surface area contributed by atoms with Crippen LogP contribution in [0.1, 0.15) is 32.6 Å². The molecule has 26 heavy (non-hydrogen) atoms. The van der Waals surface area contributed by atoms with Gasteiger partial charge in [0.15, 0.2) is 0 Å². The fourth-order valence-electron chi connectivity index (χ4n) is 3.35. The summed E-state index contributed by atoms with van der Waals surface area (Å²) in [7, 11) is 0. The number of nitrogen functional groups attached to an aromatic ring is 1. The van der Waals surface area contributed by atoms with E-state index < -0.39 is 0 Å². The third-order valence-electron chi connectivity index (χ3n) is 4.97. The number of piperidine rings is 1. The van der Waals surface area contributed by atoms with E-state index in [0.717, 1.165) is 42.8 Å². The number of nitrogens with zero attached hydrogens (tertiary/aromatic N) is 1. The van der Waals surface area contributed by atoms with E-state index in [1.165, 1.54) is 0 Å². The molecule has 0 atom stereocenters. The minimum atomic E-state index is -0.00553. The highest BCUT2D eigenvalue weighted by molar-refractivity contribution is 7.13. The highest BCUT2D eigenvalue weighted by Crippen LogP contribution is 2.30. The van der Waals surface area contributed by atoms with Crippen molar-refractivity contribution in [2.24, 2.45) is 5.92 Å². The first-order valence-electron chi connectivity index (χ1n) is 9.01. The third kappa shape index (κ3) is 4.64. The number of benzene rings is 1. The fraction of sp³-hybridized carbons (Fsp3) is 0.400. The van der Waals surface area contributed by atoms with E-state index in [9.17, 15) is 9.59 Å². The zero-order valence-corrected chi connectivity index (χ0v) is 15.8. The standard InChI is InChI=1S/C20H25N3O2S/c1-14(24)23-10-8-15(9-11-23)4-7-20(25)22-18-13-16(5-6-17(18)21)19-3-2-12-26-19/h2-3,5-6,12-13,15H,4,7-11,21H2,1H3,(H,22,25). The van der Waals surface area contributed by atoms with Crippen LogP contribution in [0.2, 0.25) is 0 Å². The van der Waals surface area contributed by atoms with Crippen LogP contribution in [0.3, 0.4) is 0 Å². The summed E-state index contributed by atoms with van der Waals surface area (Å²) in [5.41, 5.74) is 8.33. The maximum atomic E-state index is 12.3. The maximum Gasteiger partial charge on any atom is 0.224 e. The molecular weight excluding hydrogens is 346 g/mol. The van der Waals surface area contributed by atoms with Gasteiger partial charge in [-0.2, -0.15) is 0 Å². The highest BCUT2D eigenvalue weighted by Gasteiger charge is 2.21. The molecule has 0 bridgehead atoms. The average molecular weight is 372 g/mol. The first kappa shape index (κ1) is 18.5. The van der Waals surface area contributed by atoms with Gasteiger partial charge in [-0.25, -0.2) is 0 Å². The lowest BCUT2D eigenvalue weighted by Crippen LogP contribution is -2.37. The molecule has 3 rings (SSSR count). The van der Waals surface area contributed by atoms with Crippen LogP contribution >= 0.6 is 11.3 Å². The number of nitrogens with two attached hydrogens (primary N) is 1. The summed E-state index contributed by atoms with van der Waals surface area (Å²) < 4.78 is 0. The zero-order valence-electron chi connectivity index (χ0n) is 15.0. The second-order valence-electron chi connectivity index (χ2n) is 6.82. The van der Waals surface area contributed by atoms with Crippen LogP contribution in [0.25, 0.3) is 10.4 Å². The number of rotatable bonds is 5. The molecule has 1 fully saturated rings. The summed E-state index contributed by atoms with van der Waals surface area (Å²) in [6.07, 6.45) is 3.28. The molecule has 138 valence electrons. The predicted molar refractivity (Wildman–Crippen MR) is 107 cm³/mol. The first-order valence-corrected chi connectivity index (χ1v) is 9.89. The summed E-state index contributed by atoms with van der Waals surface area (Å²) in [5.74, 6) is 0.641. The van der Waals surface area contributed by atoms with Crippen molar-refractivity contribution in [3.8, 4) is 10.4 Å². The van der Waals surface area contributed by atoms with Crippen molar-refractivity contribution in [2.75, 3.05) is 24.1 Å². The first-order chi connectivity index (χ1) is 12.5. The molecule has 0 spiro atoms. The van der Waals surface area contributed by atoms with Gasteiger partial charge >= 0.3 is 0 Å². The fourth-order valence-corrected chi connectivity index (χ4v) is 4.07. The molecule has 2 amide bonds. The number of nitrogens with one attached hydrogen (secondary N) is 1. The molecule has 0 aliphatic carbocycles. The minimum Gasteiger partial charge on any atom is -0.397 e. The van der Waals surface area contributed by atoms with Crippen molar-refractivity contribution < 1.29 is 9.59 Å². The Kier molecular flexibility index (Phi) is 5.93. The van der Waals surface area contributed by atoms with Gasteiger partial charge in [0.2, 0.25) is 11.8 Å². The molecule has 5 nitrogen and oxygen atoms in total. The van der Waals surface area contributed by atoms with Crippen molar-refractivity contribution in [3.05, 3.63) is 35.7 Å². The van der Waals surface area contributed by atoms with Crippen molar-refractivity contribution >= 4 is 34.5 Å². The van der Waals surface area contributed by atoms with Gasteiger partial charge in [0.25, 0.3) is 0 Å². The third-order valence-corrected chi connectivity index (χ3v) is 5.89. The Labute approximate surface area is 158 Å². The van der Waals surface area contributed by atoms with E-state index in [4.69, 9.17) is 5.73 Å². The van der Waals surface area contributed by atoms with Gasteiger partial charge in [0.05, 0.1) is 11.4 Å². The lowest BCUT2D eigenvalue weighted by Gasteiger charge is -2.31. The maximum absolute atomic E-state index is 12.3. The topological polar surface area (TPSA) is 75.4 Å². The van der Waals surface area contributed by atoms with Gasteiger partial charge < -0.3 is 16.0 Å². The van der Waals surface area contributed by atoms with Crippen LogP contribution in [0.4, 0.5) is 11.4 Å². The van der Waals surface area contributed by atoms with Crippen LogP contribution in [0.15, 0.2) is 35.7 Å². The summed E-state index contributed by atoms with van der Waals surface area (Å²) in [4.78, 5) is 26.8. The quantitative estimate of drug-likeness (QED) is 0.781. The van der Waals surface area contributed by atoms with E-state index in [-0.39, 0.29) is 11.8 Å². The number of amides is 2. The molecule has 3 N–H and O–H groups in total. The normalized spacial score (nSPS) is 15.0. The van der Waals surface area contributed by atoms with Gasteiger partial charge in [-0.05, 0) is 54.3 Å². The predicted octanol–water partition coefficient (Wildman–Crippen LogP) is 3.97. The Morgan fingerprint density at radius 1 is 1.27 bits per heavy atom. The van der Waals surface area contributed by atoms with Crippen LogP contribution in [-0.4, -0.2) is 29.8 Å². The number of hydrogen-bond donors (Lipinski definition) is 2. The minimum absolute atomic E-state index is 0.00553. The molecule has 1 aliphatic rings. The molecule has 1 aromatic heterocycles. The van der Waals surface area contributed by atoms with Gasteiger partial charge in [0, 0.05) is 31.3 Å². The van der Waals surface area contributed by atoms with Crippen LogP contribution in [0.5, 0.6) is 0 Å². The molecule has 0 saturated carbocycles. The van der Waals surface area contributed by atoms with Crippen molar-refractivity contribution in [1.29, 1.82) is 0 Å². The SMILES string of the molecule is CC(=O)N1CCC(CCC(=O)Nc2cc(-c3cccs3)ccc2N)CC1. The number of thiophene rings is 1.